The maximum atomic E-state index is 13.6. The molecule has 1 aromatic carbocycles. The molecule has 12 heteroatoms. The Hall–Kier alpha value is -3.35. The molecule has 2 aromatic rings. The van der Waals surface area contributed by atoms with Gasteiger partial charge in [-0.05, 0) is 30.4 Å². The molecule has 0 bridgehead atoms. The number of carbonyl (C=O) groups is 4. The molecule has 11 nitrogen and oxygen atoms in total. The fourth-order valence-corrected chi connectivity index (χ4v) is 5.27. The molecule has 4 atom stereocenters. The zero-order valence-electron chi connectivity index (χ0n) is 22.9. The predicted octanol–water partition coefficient (Wildman–Crippen LogP) is 0.897. The molecule has 1 fully saturated rings. The van der Waals surface area contributed by atoms with Crippen LogP contribution in [0.3, 0.4) is 0 Å². The first-order valence-corrected chi connectivity index (χ1v) is 13.7. The van der Waals surface area contributed by atoms with Gasteiger partial charge in [-0.2, -0.15) is 0 Å². The maximum Gasteiger partial charge on any atom is 0.246 e. The van der Waals surface area contributed by atoms with Crippen molar-refractivity contribution < 1.29 is 29.4 Å². The van der Waals surface area contributed by atoms with Crippen LogP contribution in [-0.2, 0) is 19.2 Å². The van der Waals surface area contributed by atoms with Crippen molar-refractivity contribution in [1.29, 1.82) is 0 Å². The van der Waals surface area contributed by atoms with E-state index >= 15 is 0 Å². The van der Waals surface area contributed by atoms with E-state index in [4.69, 9.17) is 5.11 Å². The first kappa shape index (κ1) is 30.2. The Morgan fingerprint density at radius 1 is 1.13 bits per heavy atom. The number of benzene rings is 1. The monoisotopic (exact) mass is 559 g/mol. The van der Waals surface area contributed by atoms with Gasteiger partial charge in [-0.3, -0.25) is 19.2 Å². The minimum absolute atomic E-state index is 0.0438. The summed E-state index contributed by atoms with van der Waals surface area (Å²) in [6, 6.07) is 5.55. The summed E-state index contributed by atoms with van der Waals surface area (Å²) in [5, 5.41) is 27.0. The highest BCUT2D eigenvalue weighted by Crippen LogP contribution is 2.29. The smallest absolute Gasteiger partial charge is 0.246 e. The van der Waals surface area contributed by atoms with Crippen LogP contribution in [0.15, 0.2) is 29.8 Å². The first-order chi connectivity index (χ1) is 18.3. The molecule has 0 spiro atoms. The number of β-amino-alcohol motifs (C(OH)–C–C–N with tert-alkyl or cyclic N) is 1. The van der Waals surface area contributed by atoms with Crippen LogP contribution >= 0.6 is 11.3 Å². The van der Waals surface area contributed by atoms with E-state index in [1.165, 1.54) is 4.90 Å². The summed E-state index contributed by atoms with van der Waals surface area (Å²) in [5.41, 5.74) is 3.95. The molecular formula is C27H37N5O6S. The van der Waals surface area contributed by atoms with Gasteiger partial charge in [0.05, 0.1) is 34.8 Å². The van der Waals surface area contributed by atoms with E-state index in [9.17, 15) is 24.3 Å². The molecule has 5 N–H and O–H groups in total. The Bertz CT molecular complexity index is 1190. The minimum Gasteiger partial charge on any atom is -0.391 e. The Morgan fingerprint density at radius 3 is 2.36 bits per heavy atom. The Labute approximate surface area is 232 Å². The topological polar surface area (TPSA) is 161 Å². The number of nitrogens with one attached hydrogen (secondary N) is 3. The molecule has 0 aliphatic carbocycles. The van der Waals surface area contributed by atoms with Crippen LogP contribution in [0.5, 0.6) is 0 Å². The van der Waals surface area contributed by atoms with Gasteiger partial charge in [0.15, 0.2) is 0 Å². The largest absolute Gasteiger partial charge is 0.391 e. The second-order valence-electron chi connectivity index (χ2n) is 10.8. The van der Waals surface area contributed by atoms with Gasteiger partial charge >= 0.3 is 0 Å². The normalized spacial score (nSPS) is 18.8. The van der Waals surface area contributed by atoms with Gasteiger partial charge in [0.25, 0.3) is 0 Å². The van der Waals surface area contributed by atoms with E-state index in [1.807, 2.05) is 38.1 Å². The molecule has 39 heavy (non-hydrogen) atoms. The molecule has 3 rings (SSSR count). The lowest BCUT2D eigenvalue weighted by atomic mass is 9.85. The summed E-state index contributed by atoms with van der Waals surface area (Å²) in [4.78, 5) is 57.3. The number of likely N-dealkylation sites (tertiary alicyclic amines) is 1. The van der Waals surface area contributed by atoms with Gasteiger partial charge in [-0.25, -0.2) is 4.98 Å². The quantitative estimate of drug-likeness (QED) is 0.305. The summed E-state index contributed by atoms with van der Waals surface area (Å²) >= 11 is 1.56. The van der Waals surface area contributed by atoms with Crippen molar-refractivity contribution in [3.63, 3.8) is 0 Å². The van der Waals surface area contributed by atoms with Crippen molar-refractivity contribution in [1.82, 2.24) is 25.8 Å². The lowest BCUT2D eigenvalue weighted by Gasteiger charge is -2.35. The second-order valence-corrected chi connectivity index (χ2v) is 11.7. The fraction of sp³-hybridized carbons (Fsp3) is 0.519. The van der Waals surface area contributed by atoms with Crippen LogP contribution in [0.25, 0.3) is 10.4 Å². The number of rotatable bonds is 9. The van der Waals surface area contributed by atoms with Crippen molar-refractivity contribution in [2.24, 2.45) is 5.41 Å². The number of amides is 4. The van der Waals surface area contributed by atoms with Crippen molar-refractivity contribution in [2.75, 3.05) is 19.7 Å². The molecule has 1 aromatic heterocycles. The summed E-state index contributed by atoms with van der Waals surface area (Å²) in [6.07, 6.45) is -0.812. The van der Waals surface area contributed by atoms with Gasteiger partial charge in [-0.1, -0.05) is 45.0 Å². The van der Waals surface area contributed by atoms with Crippen LogP contribution in [0.4, 0.5) is 0 Å². The third kappa shape index (κ3) is 7.61. The van der Waals surface area contributed by atoms with Gasteiger partial charge < -0.3 is 31.1 Å². The van der Waals surface area contributed by atoms with Crippen LogP contribution in [0.1, 0.15) is 51.4 Å². The minimum atomic E-state index is -1.02. The maximum absolute atomic E-state index is 13.6. The molecule has 0 unspecified atom stereocenters. The average molecular weight is 560 g/mol. The zero-order valence-corrected chi connectivity index (χ0v) is 23.7. The lowest BCUT2D eigenvalue weighted by molar-refractivity contribution is -0.144. The highest BCUT2D eigenvalue weighted by atomic mass is 32.1. The van der Waals surface area contributed by atoms with E-state index in [1.54, 1.807) is 37.6 Å². The van der Waals surface area contributed by atoms with E-state index < -0.39 is 60.4 Å². The highest BCUT2D eigenvalue weighted by Gasteiger charge is 2.44. The van der Waals surface area contributed by atoms with E-state index in [0.717, 1.165) is 21.7 Å². The van der Waals surface area contributed by atoms with Gasteiger partial charge in [0.2, 0.25) is 23.6 Å². The van der Waals surface area contributed by atoms with Crippen molar-refractivity contribution >= 4 is 35.0 Å². The molecular weight excluding hydrogens is 522 g/mol. The van der Waals surface area contributed by atoms with E-state index in [-0.39, 0.29) is 19.0 Å². The zero-order chi connectivity index (χ0) is 28.9. The number of nitrogens with zero attached hydrogens (tertiary/aromatic N) is 2. The summed E-state index contributed by atoms with van der Waals surface area (Å²) < 4.78 is 0. The standard InChI is InChI=1S/C27H37N5O6S/c1-15(17-6-8-18(9-7-17)23-16(2)29-14-39-23)30-25(37)20-10-19(34)12-32(20)26(38)24(27(3,4)5)31-21(35)11-28-22(36)13-33/h6-9,14-15,19-20,24,33-34H,10-13H2,1-5H3,(H,28,36)(H,30,37)(H,31,35)/t15-,19+,20-,24+/m0/s1. The highest BCUT2D eigenvalue weighted by molar-refractivity contribution is 7.13. The van der Waals surface area contributed by atoms with Crippen LogP contribution < -0.4 is 16.0 Å². The predicted molar refractivity (Wildman–Crippen MR) is 146 cm³/mol. The number of aliphatic hydroxyl groups excluding tert-OH is 2. The molecule has 212 valence electrons. The first-order valence-electron chi connectivity index (χ1n) is 12.8. The Balaban J connectivity index is 1.70. The summed E-state index contributed by atoms with van der Waals surface area (Å²) in [6.45, 7) is 7.89. The molecule has 4 amide bonds. The number of aryl methyl sites for hydroxylation is 1. The number of thiazole rings is 1. The number of hydrogen-bond acceptors (Lipinski definition) is 8. The fourth-order valence-electron chi connectivity index (χ4n) is 4.46. The molecule has 2 heterocycles. The molecule has 1 saturated heterocycles. The molecule has 1 aliphatic heterocycles. The van der Waals surface area contributed by atoms with Crippen LogP contribution in [0.2, 0.25) is 0 Å². The second kappa shape index (κ2) is 12.7. The average Bonchev–Trinajstić information content (AvgIpc) is 3.50. The van der Waals surface area contributed by atoms with Gasteiger partial charge in [0.1, 0.15) is 18.7 Å². The summed E-state index contributed by atoms with van der Waals surface area (Å²) in [7, 11) is 0. The van der Waals surface area contributed by atoms with Crippen molar-refractivity contribution in [2.45, 2.75) is 65.3 Å². The number of carbonyl (C=O) groups excluding carboxylic acids is 4. The van der Waals surface area contributed by atoms with Crippen molar-refractivity contribution in [3.05, 3.63) is 41.0 Å². The number of aliphatic hydroxyl groups is 2. The molecule has 1 aliphatic rings. The summed E-state index contributed by atoms with van der Waals surface area (Å²) in [5.74, 6) is -2.23. The van der Waals surface area contributed by atoms with E-state index in [2.05, 4.69) is 20.9 Å². The van der Waals surface area contributed by atoms with Gasteiger partial charge in [-0.15, -0.1) is 11.3 Å². The van der Waals surface area contributed by atoms with Crippen LogP contribution in [-0.4, -0.2) is 81.6 Å². The third-order valence-corrected chi connectivity index (χ3v) is 7.63. The SMILES string of the molecule is Cc1ncsc1-c1ccc([C@H](C)NC(=O)[C@@H]2C[C@@H](O)CN2C(=O)[C@@H](NC(=O)CNC(=O)CO)C(C)(C)C)cc1. The lowest BCUT2D eigenvalue weighted by Crippen LogP contribution is -2.58. The number of hydrogen-bond donors (Lipinski definition) is 5. The Kier molecular flexibility index (Phi) is 9.81. The molecule has 0 radical (unpaired) electrons. The third-order valence-electron chi connectivity index (χ3n) is 6.65. The Morgan fingerprint density at radius 2 is 1.79 bits per heavy atom. The number of aromatic nitrogens is 1. The van der Waals surface area contributed by atoms with Crippen LogP contribution in [0, 0.1) is 12.3 Å². The van der Waals surface area contributed by atoms with E-state index in [0.29, 0.717) is 0 Å². The van der Waals surface area contributed by atoms with Gasteiger partial charge in [0, 0.05) is 13.0 Å². The van der Waals surface area contributed by atoms with Crippen molar-refractivity contribution in [3.8, 4) is 10.4 Å². The molecule has 0 saturated carbocycles.